The van der Waals surface area contributed by atoms with Crippen LogP contribution in [0.25, 0.3) is 0 Å². The lowest BCUT2D eigenvalue weighted by Gasteiger charge is -2.37. The first-order valence-electron chi connectivity index (χ1n) is 5.86. The Kier molecular flexibility index (Phi) is 3.15. The van der Waals surface area contributed by atoms with Gasteiger partial charge in [0.1, 0.15) is 5.82 Å². The molecule has 0 aromatic heterocycles. The van der Waals surface area contributed by atoms with Crippen LogP contribution >= 0.6 is 0 Å². The number of nitrogens with two attached hydrogens (primary N) is 1. The van der Waals surface area contributed by atoms with E-state index in [0.29, 0.717) is 0 Å². The van der Waals surface area contributed by atoms with Crippen molar-refractivity contribution in [3.8, 4) is 0 Å². The third kappa shape index (κ3) is 2.47. The van der Waals surface area contributed by atoms with Gasteiger partial charge in [-0.25, -0.2) is 4.39 Å². The summed E-state index contributed by atoms with van der Waals surface area (Å²) in [5.74, 6) is -0.387. The number of nitrogens with one attached hydrogen (secondary N) is 1. The Labute approximate surface area is 100 Å². The molecule has 0 spiro atoms. The molecule has 1 aromatic rings. The SMILES string of the molecule is CC(NC(=O)C1(N)CCC1)c1ccc(F)cc1. The van der Waals surface area contributed by atoms with E-state index in [2.05, 4.69) is 5.32 Å². The molecule has 1 atom stereocenters. The van der Waals surface area contributed by atoms with Gasteiger partial charge in [0.05, 0.1) is 11.6 Å². The summed E-state index contributed by atoms with van der Waals surface area (Å²) < 4.78 is 12.8. The largest absolute Gasteiger partial charge is 0.348 e. The van der Waals surface area contributed by atoms with Crippen molar-refractivity contribution >= 4 is 5.91 Å². The number of carbonyl (C=O) groups is 1. The molecule has 0 bridgehead atoms. The van der Waals surface area contributed by atoms with Gasteiger partial charge in [0.2, 0.25) is 5.91 Å². The lowest BCUT2D eigenvalue weighted by Crippen LogP contribution is -2.58. The predicted molar refractivity (Wildman–Crippen MR) is 63.7 cm³/mol. The molecule has 1 amide bonds. The highest BCUT2D eigenvalue weighted by Crippen LogP contribution is 2.29. The van der Waals surface area contributed by atoms with Crippen molar-refractivity contribution in [3.63, 3.8) is 0 Å². The van der Waals surface area contributed by atoms with Crippen molar-refractivity contribution in [3.05, 3.63) is 35.6 Å². The molecule has 2 rings (SSSR count). The van der Waals surface area contributed by atoms with E-state index in [0.717, 1.165) is 24.8 Å². The van der Waals surface area contributed by atoms with Crippen LogP contribution in [0.1, 0.15) is 37.8 Å². The lowest BCUT2D eigenvalue weighted by atomic mass is 9.77. The van der Waals surface area contributed by atoms with E-state index in [1.165, 1.54) is 12.1 Å². The first-order chi connectivity index (χ1) is 8.01. The van der Waals surface area contributed by atoms with Crippen LogP contribution in [0.2, 0.25) is 0 Å². The maximum absolute atomic E-state index is 12.8. The molecule has 92 valence electrons. The molecule has 17 heavy (non-hydrogen) atoms. The van der Waals surface area contributed by atoms with Crippen LogP contribution in [0.4, 0.5) is 4.39 Å². The zero-order chi connectivity index (χ0) is 12.5. The highest BCUT2D eigenvalue weighted by atomic mass is 19.1. The number of hydrogen-bond donors (Lipinski definition) is 2. The number of rotatable bonds is 3. The summed E-state index contributed by atoms with van der Waals surface area (Å²) in [6.45, 7) is 1.87. The molecular weight excluding hydrogens is 219 g/mol. The second-order valence-electron chi connectivity index (χ2n) is 4.76. The Morgan fingerprint density at radius 2 is 2.00 bits per heavy atom. The van der Waals surface area contributed by atoms with Crippen molar-refractivity contribution in [2.45, 2.75) is 37.8 Å². The first-order valence-corrected chi connectivity index (χ1v) is 5.86. The third-order valence-electron chi connectivity index (χ3n) is 3.42. The minimum absolute atomic E-state index is 0.111. The van der Waals surface area contributed by atoms with E-state index in [1.54, 1.807) is 12.1 Å². The Hall–Kier alpha value is -1.42. The molecule has 1 aromatic carbocycles. The fraction of sp³-hybridized carbons (Fsp3) is 0.462. The number of benzene rings is 1. The lowest BCUT2D eigenvalue weighted by molar-refractivity contribution is -0.129. The quantitative estimate of drug-likeness (QED) is 0.842. The normalized spacial score (nSPS) is 19.2. The number of amides is 1. The topological polar surface area (TPSA) is 55.1 Å². The zero-order valence-electron chi connectivity index (χ0n) is 9.87. The molecule has 4 heteroatoms. The van der Waals surface area contributed by atoms with Crippen molar-refractivity contribution in [1.82, 2.24) is 5.32 Å². The summed E-state index contributed by atoms with van der Waals surface area (Å²) in [6.07, 6.45) is 2.50. The van der Waals surface area contributed by atoms with Gasteiger partial charge < -0.3 is 11.1 Å². The van der Waals surface area contributed by atoms with Crippen LogP contribution in [0.5, 0.6) is 0 Å². The molecule has 1 saturated carbocycles. The molecule has 1 unspecified atom stereocenters. The third-order valence-corrected chi connectivity index (χ3v) is 3.42. The van der Waals surface area contributed by atoms with Crippen molar-refractivity contribution in [2.24, 2.45) is 5.73 Å². The van der Waals surface area contributed by atoms with Gasteiger partial charge in [-0.15, -0.1) is 0 Å². The molecule has 1 fully saturated rings. The van der Waals surface area contributed by atoms with Crippen LogP contribution in [0, 0.1) is 5.82 Å². The smallest absolute Gasteiger partial charge is 0.240 e. The van der Waals surface area contributed by atoms with Gasteiger partial charge in [0.25, 0.3) is 0 Å². The fourth-order valence-corrected chi connectivity index (χ4v) is 1.96. The van der Waals surface area contributed by atoms with Gasteiger partial charge in [-0.05, 0) is 43.9 Å². The minimum atomic E-state index is -0.686. The van der Waals surface area contributed by atoms with Crippen LogP contribution in [-0.4, -0.2) is 11.4 Å². The second kappa shape index (κ2) is 4.45. The molecule has 1 aliphatic rings. The molecule has 1 aliphatic carbocycles. The van der Waals surface area contributed by atoms with E-state index in [9.17, 15) is 9.18 Å². The van der Waals surface area contributed by atoms with Gasteiger partial charge in [0, 0.05) is 0 Å². The van der Waals surface area contributed by atoms with Gasteiger partial charge in [-0.1, -0.05) is 12.1 Å². The number of hydrogen-bond acceptors (Lipinski definition) is 2. The molecule has 0 aliphatic heterocycles. The van der Waals surface area contributed by atoms with E-state index >= 15 is 0 Å². The molecule has 0 saturated heterocycles. The Morgan fingerprint density at radius 1 is 1.41 bits per heavy atom. The van der Waals surface area contributed by atoms with Crippen LogP contribution in [0.3, 0.4) is 0 Å². The van der Waals surface area contributed by atoms with Crippen LogP contribution in [0.15, 0.2) is 24.3 Å². The van der Waals surface area contributed by atoms with Gasteiger partial charge in [-0.3, -0.25) is 4.79 Å². The summed E-state index contributed by atoms with van der Waals surface area (Å²) >= 11 is 0. The molecule has 0 heterocycles. The first kappa shape index (κ1) is 12.0. The molecule has 0 radical (unpaired) electrons. The summed E-state index contributed by atoms with van der Waals surface area (Å²) in [5.41, 5.74) is 6.12. The van der Waals surface area contributed by atoms with Gasteiger partial charge in [-0.2, -0.15) is 0 Å². The Bertz CT molecular complexity index is 412. The van der Waals surface area contributed by atoms with Crippen molar-refractivity contribution in [1.29, 1.82) is 0 Å². The number of halogens is 1. The average molecular weight is 236 g/mol. The molecule has 3 N–H and O–H groups in total. The highest BCUT2D eigenvalue weighted by Gasteiger charge is 2.40. The zero-order valence-corrected chi connectivity index (χ0v) is 9.87. The minimum Gasteiger partial charge on any atom is -0.348 e. The predicted octanol–water partition coefficient (Wildman–Crippen LogP) is 1.88. The Morgan fingerprint density at radius 3 is 2.47 bits per heavy atom. The maximum atomic E-state index is 12.8. The van der Waals surface area contributed by atoms with Crippen LogP contribution < -0.4 is 11.1 Å². The van der Waals surface area contributed by atoms with E-state index in [-0.39, 0.29) is 17.8 Å². The van der Waals surface area contributed by atoms with Gasteiger partial charge in [0.15, 0.2) is 0 Å². The number of carbonyl (C=O) groups excluding carboxylic acids is 1. The van der Waals surface area contributed by atoms with E-state index in [1.807, 2.05) is 6.92 Å². The highest BCUT2D eigenvalue weighted by molar-refractivity contribution is 5.87. The van der Waals surface area contributed by atoms with Crippen LogP contribution in [-0.2, 0) is 4.79 Å². The molecular formula is C13H17FN2O. The average Bonchev–Trinajstić information content (AvgIpc) is 2.26. The van der Waals surface area contributed by atoms with E-state index < -0.39 is 5.54 Å². The fourth-order valence-electron chi connectivity index (χ4n) is 1.96. The monoisotopic (exact) mass is 236 g/mol. The summed E-state index contributed by atoms with van der Waals surface area (Å²) in [4.78, 5) is 11.9. The van der Waals surface area contributed by atoms with Crippen molar-refractivity contribution < 1.29 is 9.18 Å². The van der Waals surface area contributed by atoms with Gasteiger partial charge >= 0.3 is 0 Å². The second-order valence-corrected chi connectivity index (χ2v) is 4.76. The van der Waals surface area contributed by atoms with Crippen molar-refractivity contribution in [2.75, 3.05) is 0 Å². The summed E-state index contributed by atoms with van der Waals surface area (Å²) in [6, 6.07) is 5.97. The standard InChI is InChI=1S/C13H17FN2O/c1-9(10-3-5-11(14)6-4-10)16-12(17)13(15)7-2-8-13/h3-6,9H,2,7-8,15H2,1H3,(H,16,17). The van der Waals surface area contributed by atoms with E-state index in [4.69, 9.17) is 5.73 Å². The molecule has 3 nitrogen and oxygen atoms in total. The summed E-state index contributed by atoms with van der Waals surface area (Å²) in [5, 5.41) is 2.87. The Balaban J connectivity index is 1.99. The maximum Gasteiger partial charge on any atom is 0.240 e. The summed E-state index contributed by atoms with van der Waals surface area (Å²) in [7, 11) is 0.